The van der Waals surface area contributed by atoms with Gasteiger partial charge in [-0.25, -0.2) is 4.39 Å². The van der Waals surface area contributed by atoms with Gasteiger partial charge in [-0.2, -0.15) is 0 Å². The van der Waals surface area contributed by atoms with E-state index in [1.807, 2.05) is 19.2 Å². The Morgan fingerprint density at radius 3 is 2.29 bits per heavy atom. The molecule has 1 unspecified atom stereocenters. The Bertz CT molecular complexity index is 426. The smallest absolute Gasteiger partial charge is 0.123 e. The first kappa shape index (κ1) is 16.2. The number of nitrogens with one attached hydrogen (secondary N) is 1. The summed E-state index contributed by atoms with van der Waals surface area (Å²) in [6.07, 6.45) is 1.19. The van der Waals surface area contributed by atoms with E-state index >= 15 is 0 Å². The van der Waals surface area contributed by atoms with Crippen molar-refractivity contribution in [1.82, 2.24) is 10.2 Å². The molecule has 118 valence electrons. The van der Waals surface area contributed by atoms with Gasteiger partial charge in [0.25, 0.3) is 0 Å². The van der Waals surface area contributed by atoms with E-state index in [0.717, 1.165) is 45.0 Å². The molecule has 0 radical (unpaired) electrons. The average Bonchev–Trinajstić information content (AvgIpc) is 2.49. The molecule has 0 amide bonds. The van der Waals surface area contributed by atoms with Gasteiger partial charge >= 0.3 is 0 Å². The number of anilines is 1. The maximum atomic E-state index is 13.0. The summed E-state index contributed by atoms with van der Waals surface area (Å²) in [6.45, 7) is 11.0. The molecule has 1 fully saturated rings. The van der Waals surface area contributed by atoms with E-state index in [0.29, 0.717) is 5.41 Å². The number of nitrogens with zero attached hydrogens (tertiary/aromatic N) is 2. The van der Waals surface area contributed by atoms with Gasteiger partial charge in [0.05, 0.1) is 0 Å². The van der Waals surface area contributed by atoms with Crippen LogP contribution in [0.25, 0.3) is 0 Å². The largest absolute Gasteiger partial charge is 0.369 e. The standard InChI is InChI=1S/C17H28FN3/c1-4-17(2,13-19-3)14-20-9-11-21(12-10-20)16-7-5-15(18)6-8-16/h5-8,19H,4,9-14H2,1-3H3. The molecule has 0 spiro atoms. The van der Waals surface area contributed by atoms with Crippen LogP contribution in [0.5, 0.6) is 0 Å². The SMILES string of the molecule is CCC(C)(CNC)CN1CCN(c2ccc(F)cc2)CC1. The summed E-state index contributed by atoms with van der Waals surface area (Å²) in [4.78, 5) is 4.90. The highest BCUT2D eigenvalue weighted by Crippen LogP contribution is 2.23. The molecule has 1 N–H and O–H groups in total. The van der Waals surface area contributed by atoms with E-state index in [9.17, 15) is 4.39 Å². The normalized spacial score (nSPS) is 19.5. The number of hydrogen-bond donors (Lipinski definition) is 1. The van der Waals surface area contributed by atoms with E-state index in [1.54, 1.807) is 12.1 Å². The highest BCUT2D eigenvalue weighted by atomic mass is 19.1. The van der Waals surface area contributed by atoms with Crippen LogP contribution in [0.2, 0.25) is 0 Å². The Morgan fingerprint density at radius 2 is 1.76 bits per heavy atom. The van der Waals surface area contributed by atoms with Crippen LogP contribution >= 0.6 is 0 Å². The lowest BCUT2D eigenvalue weighted by Crippen LogP contribution is -2.50. The maximum Gasteiger partial charge on any atom is 0.123 e. The van der Waals surface area contributed by atoms with Gasteiger partial charge < -0.3 is 10.2 Å². The molecule has 1 aromatic rings. The molecule has 1 saturated heterocycles. The molecule has 1 aromatic carbocycles. The first-order valence-corrected chi connectivity index (χ1v) is 7.94. The first-order valence-electron chi connectivity index (χ1n) is 7.94. The molecule has 21 heavy (non-hydrogen) atoms. The third-order valence-electron chi connectivity index (χ3n) is 4.63. The molecule has 2 rings (SSSR count). The summed E-state index contributed by atoms with van der Waals surface area (Å²) in [7, 11) is 2.03. The van der Waals surface area contributed by atoms with Gasteiger partial charge in [0.15, 0.2) is 0 Å². The van der Waals surface area contributed by atoms with E-state index in [4.69, 9.17) is 0 Å². The number of rotatable bonds is 6. The van der Waals surface area contributed by atoms with Crippen molar-refractivity contribution in [1.29, 1.82) is 0 Å². The highest BCUT2D eigenvalue weighted by Gasteiger charge is 2.26. The van der Waals surface area contributed by atoms with Gasteiger partial charge in [0.1, 0.15) is 5.82 Å². The minimum atomic E-state index is -0.164. The Hall–Kier alpha value is -1.13. The molecular formula is C17H28FN3. The summed E-state index contributed by atoms with van der Waals surface area (Å²) in [5.74, 6) is -0.164. The number of hydrogen-bond acceptors (Lipinski definition) is 3. The number of benzene rings is 1. The Balaban J connectivity index is 1.87. The van der Waals surface area contributed by atoms with E-state index in [2.05, 4.69) is 29.0 Å². The Kier molecular flexibility index (Phi) is 5.59. The van der Waals surface area contributed by atoms with E-state index in [-0.39, 0.29) is 5.82 Å². The van der Waals surface area contributed by atoms with Crippen molar-refractivity contribution in [2.45, 2.75) is 20.3 Å². The molecule has 1 aliphatic heterocycles. The van der Waals surface area contributed by atoms with Gasteiger partial charge in [-0.3, -0.25) is 4.90 Å². The van der Waals surface area contributed by atoms with Crippen molar-refractivity contribution < 1.29 is 4.39 Å². The second-order valence-electron chi connectivity index (χ2n) is 6.43. The van der Waals surface area contributed by atoms with Gasteiger partial charge in [0, 0.05) is 45.0 Å². The highest BCUT2D eigenvalue weighted by molar-refractivity contribution is 5.46. The number of piperazine rings is 1. The zero-order chi connectivity index (χ0) is 15.3. The molecule has 1 heterocycles. The second kappa shape index (κ2) is 7.23. The van der Waals surface area contributed by atoms with Gasteiger partial charge in [-0.1, -0.05) is 13.8 Å². The fourth-order valence-corrected chi connectivity index (χ4v) is 3.08. The Labute approximate surface area is 128 Å². The predicted octanol–water partition coefficient (Wildman–Crippen LogP) is 2.58. The lowest BCUT2D eigenvalue weighted by Gasteiger charge is -2.40. The van der Waals surface area contributed by atoms with Gasteiger partial charge in [0.2, 0.25) is 0 Å². The van der Waals surface area contributed by atoms with Crippen molar-refractivity contribution in [3.05, 3.63) is 30.1 Å². The summed E-state index contributed by atoms with van der Waals surface area (Å²) in [6, 6.07) is 6.84. The van der Waals surface area contributed by atoms with Crippen LogP contribution in [0.15, 0.2) is 24.3 Å². The van der Waals surface area contributed by atoms with Crippen molar-refractivity contribution in [2.75, 3.05) is 51.2 Å². The lowest BCUT2D eigenvalue weighted by molar-refractivity contribution is 0.150. The van der Waals surface area contributed by atoms with E-state index in [1.165, 1.54) is 6.42 Å². The molecule has 0 saturated carbocycles. The Morgan fingerprint density at radius 1 is 1.14 bits per heavy atom. The fraction of sp³-hybridized carbons (Fsp3) is 0.647. The third kappa shape index (κ3) is 4.42. The predicted molar refractivity (Wildman–Crippen MR) is 87.4 cm³/mol. The summed E-state index contributed by atoms with van der Waals surface area (Å²) < 4.78 is 13.0. The van der Waals surface area contributed by atoms with Crippen LogP contribution in [0, 0.1) is 11.2 Å². The fourth-order valence-electron chi connectivity index (χ4n) is 3.08. The van der Waals surface area contributed by atoms with Crippen LogP contribution in [0.1, 0.15) is 20.3 Å². The monoisotopic (exact) mass is 293 g/mol. The zero-order valence-corrected chi connectivity index (χ0v) is 13.5. The molecule has 0 aromatic heterocycles. The van der Waals surface area contributed by atoms with Crippen LogP contribution in [-0.2, 0) is 0 Å². The molecule has 1 atom stereocenters. The maximum absolute atomic E-state index is 13.0. The van der Waals surface area contributed by atoms with Crippen LogP contribution in [0.3, 0.4) is 0 Å². The van der Waals surface area contributed by atoms with Crippen LogP contribution in [-0.4, -0.2) is 51.2 Å². The number of halogens is 1. The molecule has 0 aliphatic carbocycles. The zero-order valence-electron chi connectivity index (χ0n) is 13.5. The minimum Gasteiger partial charge on any atom is -0.369 e. The van der Waals surface area contributed by atoms with Crippen molar-refractivity contribution in [3.8, 4) is 0 Å². The first-order chi connectivity index (χ1) is 10.1. The molecule has 1 aliphatic rings. The topological polar surface area (TPSA) is 18.5 Å². The third-order valence-corrected chi connectivity index (χ3v) is 4.63. The molecule has 3 nitrogen and oxygen atoms in total. The van der Waals surface area contributed by atoms with Gasteiger partial charge in [-0.05, 0) is 43.1 Å². The van der Waals surface area contributed by atoms with Crippen molar-refractivity contribution >= 4 is 5.69 Å². The quantitative estimate of drug-likeness (QED) is 0.870. The summed E-state index contributed by atoms with van der Waals surface area (Å²) in [5.41, 5.74) is 1.47. The van der Waals surface area contributed by atoms with Crippen LogP contribution < -0.4 is 10.2 Å². The lowest BCUT2D eigenvalue weighted by atomic mass is 9.86. The van der Waals surface area contributed by atoms with Crippen molar-refractivity contribution in [2.24, 2.45) is 5.41 Å². The summed E-state index contributed by atoms with van der Waals surface area (Å²) >= 11 is 0. The molecule has 4 heteroatoms. The second-order valence-corrected chi connectivity index (χ2v) is 6.43. The molecular weight excluding hydrogens is 265 g/mol. The van der Waals surface area contributed by atoms with E-state index < -0.39 is 0 Å². The van der Waals surface area contributed by atoms with Crippen LogP contribution in [0.4, 0.5) is 10.1 Å². The van der Waals surface area contributed by atoms with Gasteiger partial charge in [-0.15, -0.1) is 0 Å². The minimum absolute atomic E-state index is 0.164. The van der Waals surface area contributed by atoms with Crippen molar-refractivity contribution in [3.63, 3.8) is 0 Å². The molecule has 0 bridgehead atoms. The summed E-state index contributed by atoms with van der Waals surface area (Å²) in [5, 5.41) is 3.32. The average molecular weight is 293 g/mol.